The van der Waals surface area contributed by atoms with E-state index in [-0.39, 0.29) is 29.0 Å². The molecule has 0 spiro atoms. The van der Waals surface area contributed by atoms with Crippen LogP contribution in [-0.4, -0.2) is 53.9 Å². The van der Waals surface area contributed by atoms with Crippen LogP contribution in [0.1, 0.15) is 48.0 Å². The first kappa shape index (κ1) is 24.3. The molecule has 2 atom stereocenters. The molecule has 0 aliphatic carbocycles. The third kappa shape index (κ3) is 5.02. The van der Waals surface area contributed by atoms with E-state index in [1.165, 1.54) is 7.11 Å². The molecule has 0 aromatic heterocycles. The van der Waals surface area contributed by atoms with Gasteiger partial charge >= 0.3 is 5.97 Å². The molecule has 8 heteroatoms. The zero-order valence-electron chi connectivity index (χ0n) is 19.0. The second-order valence-corrected chi connectivity index (χ2v) is 20.2. The predicted molar refractivity (Wildman–Crippen MR) is 113 cm³/mol. The normalized spacial score (nSPS) is 24.7. The highest BCUT2D eigenvalue weighted by atomic mass is 28.4. The first-order chi connectivity index (χ1) is 11.9. The van der Waals surface area contributed by atoms with E-state index in [2.05, 4.69) is 73.0 Å². The summed E-state index contributed by atoms with van der Waals surface area (Å²) >= 11 is 0. The van der Waals surface area contributed by atoms with Crippen molar-refractivity contribution >= 4 is 28.5 Å². The molecular weight excluding hydrogens is 378 g/mol. The van der Waals surface area contributed by atoms with E-state index in [0.717, 1.165) is 0 Å². The maximum atomic E-state index is 12.8. The van der Waals surface area contributed by atoms with Crippen molar-refractivity contribution in [2.75, 3.05) is 13.7 Å². The average molecular weight is 418 g/mol. The zero-order valence-corrected chi connectivity index (χ0v) is 21.0. The minimum absolute atomic E-state index is 0.0112. The fourth-order valence-electron chi connectivity index (χ4n) is 2.46. The Morgan fingerprint density at radius 1 is 1.07 bits per heavy atom. The first-order valence-electron chi connectivity index (χ1n) is 9.61. The number of methoxy groups -OCH3 is 1. The third-order valence-electron chi connectivity index (χ3n) is 6.54. The summed E-state index contributed by atoms with van der Waals surface area (Å²) < 4.78 is 17.9. The second-order valence-electron chi connectivity index (χ2n) is 10.6. The molecule has 0 radical (unpaired) electrons. The van der Waals surface area contributed by atoms with Crippen molar-refractivity contribution in [1.82, 2.24) is 5.32 Å². The highest BCUT2D eigenvalue weighted by molar-refractivity contribution is 6.74. The lowest BCUT2D eigenvalue weighted by atomic mass is 9.96. The van der Waals surface area contributed by atoms with Crippen molar-refractivity contribution in [3.05, 3.63) is 0 Å². The van der Waals surface area contributed by atoms with Gasteiger partial charge in [-0.1, -0.05) is 41.5 Å². The van der Waals surface area contributed by atoms with E-state index in [4.69, 9.17) is 13.6 Å². The van der Waals surface area contributed by atoms with Gasteiger partial charge in [0, 0.05) is 0 Å². The third-order valence-corrected chi connectivity index (χ3v) is 15.5. The van der Waals surface area contributed by atoms with E-state index in [0.29, 0.717) is 0 Å². The largest absolute Gasteiger partial charge is 0.467 e. The molecule has 0 saturated carbocycles. The number of hydrogen-bond acceptors (Lipinski definition) is 5. The smallest absolute Gasteiger partial charge is 0.336 e. The summed E-state index contributed by atoms with van der Waals surface area (Å²) in [6.07, 6.45) is -0.453. The Morgan fingerprint density at radius 2 is 1.56 bits per heavy atom. The molecule has 0 aromatic rings. The first-order valence-corrected chi connectivity index (χ1v) is 15.4. The summed E-state index contributed by atoms with van der Waals surface area (Å²) in [5, 5.41) is 2.80. The Bertz CT molecular complexity index is 578. The zero-order chi connectivity index (χ0) is 21.5. The van der Waals surface area contributed by atoms with Gasteiger partial charge in [-0.15, -0.1) is 0 Å². The SMILES string of the molecule is COC(=O)[C@]1(CO[Si](C)(C)C(C)(C)C)NC(=O)C[C@@H]1O[Si](C)(C)C(C)(C)C. The Labute approximate surface area is 167 Å². The van der Waals surface area contributed by atoms with Crippen LogP contribution in [0, 0.1) is 0 Å². The molecule has 1 rings (SSSR count). The van der Waals surface area contributed by atoms with Gasteiger partial charge in [-0.25, -0.2) is 4.79 Å². The number of rotatable bonds is 6. The molecule has 27 heavy (non-hydrogen) atoms. The highest BCUT2D eigenvalue weighted by Crippen LogP contribution is 2.42. The molecule has 158 valence electrons. The monoisotopic (exact) mass is 417 g/mol. The summed E-state index contributed by atoms with van der Waals surface area (Å²) in [7, 11) is -2.99. The lowest BCUT2D eigenvalue weighted by Crippen LogP contribution is -2.63. The van der Waals surface area contributed by atoms with Crippen molar-refractivity contribution in [1.29, 1.82) is 0 Å². The van der Waals surface area contributed by atoms with E-state index >= 15 is 0 Å². The minimum Gasteiger partial charge on any atom is -0.467 e. The molecule has 6 nitrogen and oxygen atoms in total. The van der Waals surface area contributed by atoms with Crippen molar-refractivity contribution in [3.8, 4) is 0 Å². The maximum Gasteiger partial charge on any atom is 0.336 e. The molecule has 1 fully saturated rings. The van der Waals surface area contributed by atoms with Crippen LogP contribution in [0.2, 0.25) is 36.3 Å². The van der Waals surface area contributed by atoms with Crippen molar-refractivity contribution < 1.29 is 23.2 Å². The van der Waals surface area contributed by atoms with Gasteiger partial charge in [0.2, 0.25) is 5.91 Å². The number of carbonyl (C=O) groups excluding carboxylic acids is 2. The van der Waals surface area contributed by atoms with Gasteiger partial charge in [0.25, 0.3) is 0 Å². The molecule has 0 aromatic carbocycles. The van der Waals surface area contributed by atoms with Crippen LogP contribution in [-0.2, 0) is 23.2 Å². The summed E-state index contributed by atoms with van der Waals surface area (Å²) in [4.78, 5) is 25.1. The lowest BCUT2D eigenvalue weighted by Gasteiger charge is -2.44. The standard InChI is InChI=1S/C19H39NO5Si2/c1-17(2,3)26(8,9)24-13-19(16(22)23-7)14(12-15(21)20-19)25-27(10,11)18(4,5)6/h14H,12-13H2,1-11H3,(H,20,21)/t14-,19+/m0/s1. The molecular formula is C19H39NO5Si2. The van der Waals surface area contributed by atoms with Gasteiger partial charge in [0.1, 0.15) is 0 Å². The summed E-state index contributed by atoms with van der Waals surface area (Å²) in [6.45, 7) is 21.4. The van der Waals surface area contributed by atoms with Crippen molar-refractivity contribution in [2.24, 2.45) is 0 Å². The van der Waals surface area contributed by atoms with Crippen LogP contribution in [0.4, 0.5) is 0 Å². The van der Waals surface area contributed by atoms with Crippen LogP contribution in [0.5, 0.6) is 0 Å². The number of amides is 1. The van der Waals surface area contributed by atoms with Crippen molar-refractivity contribution in [3.63, 3.8) is 0 Å². The Hall–Kier alpha value is -0.706. The van der Waals surface area contributed by atoms with Crippen LogP contribution in [0.3, 0.4) is 0 Å². The second kappa shape index (κ2) is 7.61. The Morgan fingerprint density at radius 3 is 1.96 bits per heavy atom. The quantitative estimate of drug-likeness (QED) is 0.525. The highest BCUT2D eigenvalue weighted by Gasteiger charge is 2.58. The minimum atomic E-state index is -2.20. The van der Waals surface area contributed by atoms with E-state index in [1.54, 1.807) is 0 Å². The lowest BCUT2D eigenvalue weighted by molar-refractivity contribution is -0.154. The summed E-state index contributed by atoms with van der Waals surface area (Å²) in [6, 6.07) is 0. The van der Waals surface area contributed by atoms with E-state index in [1.807, 2.05) is 0 Å². The Balaban J connectivity index is 3.24. The average Bonchev–Trinajstić information content (AvgIpc) is 2.78. The van der Waals surface area contributed by atoms with Gasteiger partial charge in [0.15, 0.2) is 22.2 Å². The summed E-state index contributed by atoms with van der Waals surface area (Å²) in [5.41, 5.74) is -1.29. The van der Waals surface area contributed by atoms with E-state index < -0.39 is 34.2 Å². The molecule has 1 amide bonds. The van der Waals surface area contributed by atoms with E-state index in [9.17, 15) is 9.59 Å². The van der Waals surface area contributed by atoms with Gasteiger partial charge in [-0.2, -0.15) is 0 Å². The number of carbonyl (C=O) groups is 2. The Kier molecular flexibility index (Phi) is 6.86. The molecule has 1 aliphatic heterocycles. The number of nitrogens with one attached hydrogen (secondary N) is 1. The molecule has 1 N–H and O–H groups in total. The number of ether oxygens (including phenoxy) is 1. The number of hydrogen-bond donors (Lipinski definition) is 1. The molecule has 0 bridgehead atoms. The van der Waals surface area contributed by atoms with Crippen LogP contribution in [0.25, 0.3) is 0 Å². The van der Waals surface area contributed by atoms with Gasteiger partial charge < -0.3 is 18.9 Å². The molecule has 1 saturated heterocycles. The summed E-state index contributed by atoms with van der Waals surface area (Å²) in [5.74, 6) is -0.710. The molecule has 0 unspecified atom stereocenters. The van der Waals surface area contributed by atoms with Crippen LogP contribution < -0.4 is 5.32 Å². The molecule has 1 heterocycles. The fraction of sp³-hybridized carbons (Fsp3) is 0.895. The van der Waals surface area contributed by atoms with Gasteiger partial charge in [-0.3, -0.25) is 4.79 Å². The predicted octanol–water partition coefficient (Wildman–Crippen LogP) is 3.83. The van der Waals surface area contributed by atoms with Crippen LogP contribution in [0.15, 0.2) is 0 Å². The van der Waals surface area contributed by atoms with Gasteiger partial charge in [-0.05, 0) is 36.3 Å². The maximum absolute atomic E-state index is 12.8. The van der Waals surface area contributed by atoms with Crippen LogP contribution >= 0.6 is 0 Å². The topological polar surface area (TPSA) is 73.9 Å². The number of esters is 1. The van der Waals surface area contributed by atoms with Gasteiger partial charge in [0.05, 0.1) is 26.2 Å². The van der Waals surface area contributed by atoms with Crippen molar-refractivity contribution in [2.45, 2.75) is 95.9 Å². The fourth-order valence-corrected chi connectivity index (χ4v) is 4.83. The molecule has 1 aliphatic rings.